The molecule has 1 aromatic carbocycles. The van der Waals surface area contributed by atoms with Gasteiger partial charge in [0.15, 0.2) is 0 Å². The highest BCUT2D eigenvalue weighted by atomic mass is 19.1. The van der Waals surface area contributed by atoms with E-state index in [2.05, 4.69) is 20.2 Å². The third kappa shape index (κ3) is 3.56. The predicted octanol–water partition coefficient (Wildman–Crippen LogP) is 3.51. The van der Waals surface area contributed by atoms with Crippen LogP contribution in [0.4, 0.5) is 10.2 Å². The van der Waals surface area contributed by atoms with E-state index in [-0.39, 0.29) is 17.6 Å². The number of hydrogen-bond acceptors (Lipinski definition) is 5. The molecule has 1 atom stereocenters. The monoisotopic (exact) mass is 382 g/mol. The Morgan fingerprint density at radius 3 is 2.86 bits per heavy atom. The lowest BCUT2D eigenvalue weighted by Crippen LogP contribution is -2.43. The van der Waals surface area contributed by atoms with Crippen molar-refractivity contribution in [3.05, 3.63) is 53.3 Å². The van der Waals surface area contributed by atoms with E-state index in [0.717, 1.165) is 47.5 Å². The average molecular weight is 382 g/mol. The standard InChI is InChI=1S/C21H23FN4O2/c1-13-14(2)28-21-18(13)19(24-12-25-21)26-9-3-4-16(11-26)20(27)23-10-15-5-7-17(22)8-6-15/h5-8,12,16H,3-4,9-11H2,1-2H3,(H,23,27)/t16-/m1/s1. The van der Waals surface area contributed by atoms with E-state index < -0.39 is 0 Å². The molecule has 0 spiro atoms. The van der Waals surface area contributed by atoms with Crippen molar-refractivity contribution in [2.24, 2.45) is 5.92 Å². The van der Waals surface area contributed by atoms with Gasteiger partial charge in [0.05, 0.1) is 11.3 Å². The number of aryl methyl sites for hydroxylation is 2. The van der Waals surface area contributed by atoms with Crippen molar-refractivity contribution in [1.82, 2.24) is 15.3 Å². The molecule has 1 N–H and O–H groups in total. The third-order valence-electron chi connectivity index (χ3n) is 5.42. The zero-order valence-corrected chi connectivity index (χ0v) is 16.0. The number of anilines is 1. The number of hydrogen-bond donors (Lipinski definition) is 1. The van der Waals surface area contributed by atoms with Gasteiger partial charge in [-0.3, -0.25) is 4.79 Å². The molecule has 1 aliphatic rings. The summed E-state index contributed by atoms with van der Waals surface area (Å²) in [7, 11) is 0. The van der Waals surface area contributed by atoms with Gasteiger partial charge in [0.2, 0.25) is 11.6 Å². The van der Waals surface area contributed by atoms with Crippen LogP contribution in [0.15, 0.2) is 35.0 Å². The Kier molecular flexibility index (Phi) is 4.98. The van der Waals surface area contributed by atoms with E-state index in [9.17, 15) is 9.18 Å². The SMILES string of the molecule is Cc1oc2ncnc(N3CCC[C@@H](C(=O)NCc4ccc(F)cc4)C3)c2c1C. The molecule has 28 heavy (non-hydrogen) atoms. The largest absolute Gasteiger partial charge is 0.443 e. The lowest BCUT2D eigenvalue weighted by Gasteiger charge is -2.33. The minimum absolute atomic E-state index is 0.0134. The Labute approximate surface area is 162 Å². The zero-order valence-electron chi connectivity index (χ0n) is 16.0. The van der Waals surface area contributed by atoms with Crippen LogP contribution in [0.1, 0.15) is 29.7 Å². The van der Waals surface area contributed by atoms with E-state index in [1.54, 1.807) is 12.1 Å². The maximum Gasteiger partial charge on any atom is 0.231 e. The Balaban J connectivity index is 1.47. The summed E-state index contributed by atoms with van der Waals surface area (Å²) >= 11 is 0. The third-order valence-corrected chi connectivity index (χ3v) is 5.42. The van der Waals surface area contributed by atoms with E-state index >= 15 is 0 Å². The molecule has 1 fully saturated rings. The fourth-order valence-electron chi connectivity index (χ4n) is 3.72. The van der Waals surface area contributed by atoms with E-state index in [1.165, 1.54) is 18.5 Å². The van der Waals surface area contributed by atoms with Crippen molar-refractivity contribution >= 4 is 22.8 Å². The Morgan fingerprint density at radius 1 is 1.29 bits per heavy atom. The van der Waals surface area contributed by atoms with Crippen LogP contribution in [0.25, 0.3) is 11.1 Å². The zero-order chi connectivity index (χ0) is 19.7. The van der Waals surface area contributed by atoms with Gasteiger partial charge in [0.1, 0.15) is 23.7 Å². The molecule has 3 aromatic rings. The Bertz CT molecular complexity index is 1000. The van der Waals surface area contributed by atoms with Crippen molar-refractivity contribution in [2.75, 3.05) is 18.0 Å². The number of carbonyl (C=O) groups excluding carboxylic acids is 1. The van der Waals surface area contributed by atoms with Crippen LogP contribution in [-0.2, 0) is 11.3 Å². The normalized spacial score (nSPS) is 17.1. The predicted molar refractivity (Wildman–Crippen MR) is 104 cm³/mol. The van der Waals surface area contributed by atoms with Crippen molar-refractivity contribution < 1.29 is 13.6 Å². The molecule has 7 heteroatoms. The number of halogens is 1. The molecule has 0 bridgehead atoms. The number of benzene rings is 1. The number of nitrogens with one attached hydrogen (secondary N) is 1. The summed E-state index contributed by atoms with van der Waals surface area (Å²) in [4.78, 5) is 23.6. The summed E-state index contributed by atoms with van der Waals surface area (Å²) in [6, 6.07) is 6.17. The molecular weight excluding hydrogens is 359 g/mol. The average Bonchev–Trinajstić information content (AvgIpc) is 3.01. The first-order chi connectivity index (χ1) is 13.5. The van der Waals surface area contributed by atoms with Crippen LogP contribution in [0.5, 0.6) is 0 Å². The molecule has 1 saturated heterocycles. The summed E-state index contributed by atoms with van der Waals surface area (Å²) in [5.74, 6) is 1.28. The van der Waals surface area contributed by atoms with Gasteiger partial charge in [-0.2, -0.15) is 0 Å². The first-order valence-electron chi connectivity index (χ1n) is 9.50. The van der Waals surface area contributed by atoms with Gasteiger partial charge in [-0.25, -0.2) is 14.4 Å². The van der Waals surface area contributed by atoms with E-state index in [0.29, 0.717) is 18.8 Å². The second-order valence-corrected chi connectivity index (χ2v) is 7.29. The lowest BCUT2D eigenvalue weighted by atomic mass is 9.96. The summed E-state index contributed by atoms with van der Waals surface area (Å²) in [5.41, 5.74) is 2.50. The Hall–Kier alpha value is -2.96. The quantitative estimate of drug-likeness (QED) is 0.748. The molecule has 3 heterocycles. The Morgan fingerprint density at radius 2 is 2.07 bits per heavy atom. The minimum atomic E-state index is -0.279. The molecular formula is C21H23FN4O2. The first kappa shape index (κ1) is 18.4. The highest BCUT2D eigenvalue weighted by Gasteiger charge is 2.28. The van der Waals surface area contributed by atoms with Gasteiger partial charge < -0.3 is 14.6 Å². The van der Waals surface area contributed by atoms with Crippen molar-refractivity contribution in [2.45, 2.75) is 33.2 Å². The summed E-state index contributed by atoms with van der Waals surface area (Å²) in [6.07, 6.45) is 3.26. The van der Waals surface area contributed by atoms with Crippen LogP contribution in [0.3, 0.4) is 0 Å². The molecule has 1 aliphatic heterocycles. The number of piperidine rings is 1. The number of furan rings is 1. The molecule has 1 amide bonds. The maximum atomic E-state index is 13.0. The van der Waals surface area contributed by atoms with Crippen molar-refractivity contribution in [3.8, 4) is 0 Å². The molecule has 4 rings (SSSR count). The number of aromatic nitrogens is 2. The topological polar surface area (TPSA) is 71.3 Å². The number of amides is 1. The molecule has 0 unspecified atom stereocenters. The number of rotatable bonds is 4. The van der Waals surface area contributed by atoms with Gasteiger partial charge in [-0.15, -0.1) is 0 Å². The van der Waals surface area contributed by atoms with Gasteiger partial charge in [0.25, 0.3) is 0 Å². The highest BCUT2D eigenvalue weighted by molar-refractivity contribution is 5.90. The van der Waals surface area contributed by atoms with Crippen LogP contribution in [0, 0.1) is 25.6 Å². The van der Waals surface area contributed by atoms with Crippen molar-refractivity contribution in [1.29, 1.82) is 0 Å². The van der Waals surface area contributed by atoms with Crippen molar-refractivity contribution in [3.63, 3.8) is 0 Å². The summed E-state index contributed by atoms with van der Waals surface area (Å²) in [6.45, 7) is 5.77. The fourth-order valence-corrected chi connectivity index (χ4v) is 3.72. The molecule has 0 radical (unpaired) electrons. The van der Waals surface area contributed by atoms with Crippen LogP contribution in [-0.4, -0.2) is 29.0 Å². The van der Waals surface area contributed by atoms with Crippen LogP contribution in [0.2, 0.25) is 0 Å². The van der Waals surface area contributed by atoms with Gasteiger partial charge in [0, 0.05) is 25.2 Å². The fraction of sp³-hybridized carbons (Fsp3) is 0.381. The van der Waals surface area contributed by atoms with Crippen LogP contribution < -0.4 is 10.2 Å². The van der Waals surface area contributed by atoms with E-state index in [4.69, 9.17) is 4.42 Å². The van der Waals surface area contributed by atoms with Gasteiger partial charge in [-0.1, -0.05) is 12.1 Å². The molecule has 0 saturated carbocycles. The smallest absolute Gasteiger partial charge is 0.231 e. The van der Waals surface area contributed by atoms with Gasteiger partial charge in [-0.05, 0) is 44.4 Å². The van der Waals surface area contributed by atoms with Gasteiger partial charge >= 0.3 is 0 Å². The second kappa shape index (κ2) is 7.58. The molecule has 6 nitrogen and oxygen atoms in total. The lowest BCUT2D eigenvalue weighted by molar-refractivity contribution is -0.125. The number of carbonyl (C=O) groups is 1. The van der Waals surface area contributed by atoms with Crippen LogP contribution >= 0.6 is 0 Å². The second-order valence-electron chi connectivity index (χ2n) is 7.29. The number of nitrogens with zero attached hydrogens (tertiary/aromatic N) is 3. The molecule has 146 valence electrons. The summed E-state index contributed by atoms with van der Waals surface area (Å²) < 4.78 is 18.7. The van der Waals surface area contributed by atoms with E-state index in [1.807, 2.05) is 13.8 Å². The number of fused-ring (bicyclic) bond motifs is 1. The highest BCUT2D eigenvalue weighted by Crippen LogP contribution is 2.32. The first-order valence-corrected chi connectivity index (χ1v) is 9.50. The molecule has 0 aliphatic carbocycles. The molecule has 2 aromatic heterocycles. The summed E-state index contributed by atoms with van der Waals surface area (Å²) in [5, 5.41) is 3.90. The minimum Gasteiger partial charge on any atom is -0.443 e. The maximum absolute atomic E-state index is 13.0.